The molecule has 0 aliphatic rings. The quantitative estimate of drug-likeness (QED) is 0.873. The maximum Gasteiger partial charge on any atom is 0.343 e. The number of nitrogens with one attached hydrogen (secondary N) is 2. The van der Waals surface area contributed by atoms with Gasteiger partial charge in [-0.25, -0.2) is 23.5 Å². The molecule has 0 radical (unpaired) electrons. The highest BCUT2D eigenvalue weighted by Crippen LogP contribution is 2.10. The Labute approximate surface area is 124 Å². The van der Waals surface area contributed by atoms with E-state index in [-0.39, 0.29) is 18.8 Å². The van der Waals surface area contributed by atoms with Gasteiger partial charge in [0.25, 0.3) is 0 Å². The van der Waals surface area contributed by atoms with Gasteiger partial charge in [0.2, 0.25) is 0 Å². The van der Waals surface area contributed by atoms with Crippen molar-refractivity contribution < 1.29 is 13.6 Å². The molecule has 0 aliphatic carbocycles. The van der Waals surface area contributed by atoms with Gasteiger partial charge in [-0.3, -0.25) is 4.57 Å². The number of urea groups is 1. The first-order chi connectivity index (χ1) is 10.4. The van der Waals surface area contributed by atoms with Crippen LogP contribution in [0.25, 0.3) is 0 Å². The maximum absolute atomic E-state index is 13.1. The molecular formula is C13H15F2N5O2. The van der Waals surface area contributed by atoms with E-state index in [1.165, 1.54) is 29.6 Å². The summed E-state index contributed by atoms with van der Waals surface area (Å²) in [5.74, 6) is -1.52. The van der Waals surface area contributed by atoms with Crippen LogP contribution in [0.15, 0.2) is 23.0 Å². The molecule has 1 aromatic heterocycles. The highest BCUT2D eigenvalue weighted by atomic mass is 19.2. The van der Waals surface area contributed by atoms with Crippen LogP contribution < -0.4 is 11.0 Å². The fraction of sp³-hybridized carbons (Fsp3) is 0.308. The number of benzene rings is 1. The summed E-state index contributed by atoms with van der Waals surface area (Å²) in [5, 5.41) is 8.59. The van der Waals surface area contributed by atoms with Crippen LogP contribution in [-0.2, 0) is 20.1 Å². The number of H-pyrrole nitrogens is 1. The Morgan fingerprint density at radius 2 is 2.14 bits per heavy atom. The molecule has 0 saturated carbocycles. The van der Waals surface area contributed by atoms with Gasteiger partial charge in [0.15, 0.2) is 17.5 Å². The number of amides is 2. The second-order valence-electron chi connectivity index (χ2n) is 4.77. The first-order valence-corrected chi connectivity index (χ1v) is 6.41. The van der Waals surface area contributed by atoms with Crippen LogP contribution >= 0.6 is 0 Å². The maximum atomic E-state index is 13.1. The smallest absolute Gasteiger partial charge is 0.331 e. The highest BCUT2D eigenvalue weighted by molar-refractivity contribution is 5.73. The molecule has 1 aromatic carbocycles. The van der Waals surface area contributed by atoms with E-state index in [1.54, 1.807) is 0 Å². The molecule has 2 rings (SSSR count). The second-order valence-corrected chi connectivity index (χ2v) is 4.77. The van der Waals surface area contributed by atoms with Gasteiger partial charge in [-0.1, -0.05) is 6.07 Å². The van der Waals surface area contributed by atoms with Crippen LogP contribution in [0.3, 0.4) is 0 Å². The molecule has 0 bridgehead atoms. The molecule has 9 heteroatoms. The molecule has 2 N–H and O–H groups in total. The monoisotopic (exact) mass is 311 g/mol. The first kappa shape index (κ1) is 15.7. The van der Waals surface area contributed by atoms with Crippen LogP contribution in [0.2, 0.25) is 0 Å². The molecule has 0 saturated heterocycles. The van der Waals surface area contributed by atoms with E-state index in [0.717, 1.165) is 12.1 Å². The Kier molecular flexibility index (Phi) is 4.54. The largest absolute Gasteiger partial charge is 0.343 e. The van der Waals surface area contributed by atoms with Gasteiger partial charge < -0.3 is 10.2 Å². The zero-order valence-electron chi connectivity index (χ0n) is 12.1. The Hall–Kier alpha value is -2.71. The van der Waals surface area contributed by atoms with E-state index < -0.39 is 17.7 Å². The lowest BCUT2D eigenvalue weighted by Gasteiger charge is -2.18. The Morgan fingerprint density at radius 1 is 1.41 bits per heavy atom. The second kappa shape index (κ2) is 6.37. The third-order valence-corrected chi connectivity index (χ3v) is 3.12. The van der Waals surface area contributed by atoms with Crippen molar-refractivity contribution >= 4 is 6.03 Å². The molecule has 0 atom stereocenters. The third-order valence-electron chi connectivity index (χ3n) is 3.12. The number of carbonyl (C=O) groups excluding carboxylic acids is 1. The Bertz CT molecular complexity index is 740. The van der Waals surface area contributed by atoms with Gasteiger partial charge in [-0.15, -0.1) is 0 Å². The molecular weight excluding hydrogens is 296 g/mol. The predicted octanol–water partition coefficient (Wildman–Crippen LogP) is 0.728. The van der Waals surface area contributed by atoms with E-state index in [2.05, 4.69) is 15.5 Å². The van der Waals surface area contributed by atoms with Crippen molar-refractivity contribution in [2.75, 3.05) is 7.05 Å². The number of aromatic amines is 1. The minimum Gasteiger partial charge on any atom is -0.331 e. The number of hydrogen-bond donors (Lipinski definition) is 2. The van der Waals surface area contributed by atoms with Crippen molar-refractivity contribution in [1.82, 2.24) is 25.0 Å². The summed E-state index contributed by atoms with van der Waals surface area (Å²) >= 11 is 0. The fourth-order valence-electron chi connectivity index (χ4n) is 1.81. The summed E-state index contributed by atoms with van der Waals surface area (Å²) < 4.78 is 27.2. The summed E-state index contributed by atoms with van der Waals surface area (Å²) in [6.07, 6.45) is 0. The number of rotatable bonds is 4. The molecule has 7 nitrogen and oxygen atoms in total. The summed E-state index contributed by atoms with van der Waals surface area (Å²) in [7, 11) is 3.04. The third kappa shape index (κ3) is 3.48. The number of nitrogens with zero attached hydrogens (tertiary/aromatic N) is 3. The van der Waals surface area contributed by atoms with Crippen LogP contribution in [-0.4, -0.2) is 32.7 Å². The zero-order chi connectivity index (χ0) is 16.3. The number of halogens is 2. The van der Waals surface area contributed by atoms with E-state index in [4.69, 9.17) is 0 Å². The van der Waals surface area contributed by atoms with E-state index in [0.29, 0.717) is 11.4 Å². The average molecular weight is 311 g/mol. The van der Waals surface area contributed by atoms with Gasteiger partial charge in [0, 0.05) is 20.6 Å². The predicted molar refractivity (Wildman–Crippen MR) is 73.9 cm³/mol. The number of hydrogen-bond acceptors (Lipinski definition) is 3. The van der Waals surface area contributed by atoms with E-state index >= 15 is 0 Å². The van der Waals surface area contributed by atoms with Crippen LogP contribution in [0, 0.1) is 11.6 Å². The minimum absolute atomic E-state index is 0.0657. The lowest BCUT2D eigenvalue weighted by molar-refractivity contribution is 0.206. The number of carbonyl (C=O) groups is 1. The SMILES string of the molecule is CN(Cc1ccc(F)c(F)c1)C(=O)NCc1n[nH]c(=O)n1C. The van der Waals surface area contributed by atoms with Crippen molar-refractivity contribution in [3.05, 3.63) is 51.7 Å². The molecule has 0 spiro atoms. The summed E-state index contributed by atoms with van der Waals surface area (Å²) in [6.45, 7) is 0.179. The van der Waals surface area contributed by atoms with Gasteiger partial charge in [0.05, 0.1) is 6.54 Å². The standard InChI is InChI=1S/C13H15F2N5O2/c1-19(7-8-3-4-9(14)10(15)5-8)12(21)16-6-11-17-18-13(22)20(11)2/h3-5H,6-7H2,1-2H3,(H,16,21)(H,18,22). The molecule has 22 heavy (non-hydrogen) atoms. The number of aromatic nitrogens is 3. The Morgan fingerprint density at radius 3 is 2.73 bits per heavy atom. The molecule has 0 unspecified atom stereocenters. The Balaban J connectivity index is 1.93. The molecule has 2 aromatic rings. The molecule has 1 heterocycles. The van der Waals surface area contributed by atoms with Crippen molar-refractivity contribution in [2.45, 2.75) is 13.1 Å². The summed E-state index contributed by atoms with van der Waals surface area (Å²) in [5.41, 5.74) is 0.0862. The topological polar surface area (TPSA) is 83.0 Å². The molecule has 0 fully saturated rings. The summed E-state index contributed by atoms with van der Waals surface area (Å²) in [4.78, 5) is 24.4. The zero-order valence-corrected chi connectivity index (χ0v) is 12.1. The van der Waals surface area contributed by atoms with Crippen molar-refractivity contribution in [3.8, 4) is 0 Å². The van der Waals surface area contributed by atoms with E-state index in [9.17, 15) is 18.4 Å². The van der Waals surface area contributed by atoms with Crippen molar-refractivity contribution in [1.29, 1.82) is 0 Å². The van der Waals surface area contributed by atoms with Crippen molar-refractivity contribution in [3.63, 3.8) is 0 Å². The lowest BCUT2D eigenvalue weighted by Crippen LogP contribution is -2.37. The van der Waals surface area contributed by atoms with Crippen molar-refractivity contribution in [2.24, 2.45) is 7.05 Å². The molecule has 118 valence electrons. The first-order valence-electron chi connectivity index (χ1n) is 6.41. The van der Waals surface area contributed by atoms with Crippen LogP contribution in [0.4, 0.5) is 13.6 Å². The molecule has 2 amide bonds. The summed E-state index contributed by atoms with van der Waals surface area (Å²) in [6, 6.07) is 3.02. The highest BCUT2D eigenvalue weighted by Gasteiger charge is 2.12. The van der Waals surface area contributed by atoms with Crippen LogP contribution in [0.1, 0.15) is 11.4 Å². The minimum atomic E-state index is -0.960. The van der Waals surface area contributed by atoms with Gasteiger partial charge in [-0.05, 0) is 17.7 Å². The average Bonchev–Trinajstić information content (AvgIpc) is 2.80. The van der Waals surface area contributed by atoms with Gasteiger partial charge in [-0.2, -0.15) is 5.10 Å². The van der Waals surface area contributed by atoms with E-state index in [1.807, 2.05) is 0 Å². The fourth-order valence-corrected chi connectivity index (χ4v) is 1.81. The van der Waals surface area contributed by atoms with Gasteiger partial charge in [0.1, 0.15) is 0 Å². The van der Waals surface area contributed by atoms with Crippen LogP contribution in [0.5, 0.6) is 0 Å². The normalized spacial score (nSPS) is 10.5. The van der Waals surface area contributed by atoms with Gasteiger partial charge >= 0.3 is 11.7 Å². The molecule has 0 aliphatic heterocycles. The lowest BCUT2D eigenvalue weighted by atomic mass is 10.2.